The van der Waals surface area contributed by atoms with Crippen LogP contribution in [0.25, 0.3) is 10.8 Å². The Balaban J connectivity index is 3.16. The highest BCUT2D eigenvalue weighted by Gasteiger charge is 2.07. The highest BCUT2D eigenvalue weighted by Crippen LogP contribution is 2.11. The van der Waals surface area contributed by atoms with Gasteiger partial charge in [0.2, 0.25) is 0 Å². The number of anilines is 1. The van der Waals surface area contributed by atoms with Gasteiger partial charge in [-0.1, -0.05) is 0 Å². The van der Waals surface area contributed by atoms with Crippen LogP contribution in [-0.2, 0) is 0 Å². The summed E-state index contributed by atoms with van der Waals surface area (Å²) in [7, 11) is 0. The van der Waals surface area contributed by atoms with E-state index in [0.29, 0.717) is 5.69 Å². The second-order valence-corrected chi connectivity index (χ2v) is 2.98. The Morgan fingerprint density at radius 1 is 1.29 bits per heavy atom. The molecule has 0 aliphatic heterocycles. The molecule has 0 atom stereocenters. The van der Waals surface area contributed by atoms with Crippen LogP contribution in [0.3, 0.4) is 0 Å². The van der Waals surface area contributed by atoms with Crippen LogP contribution in [0.1, 0.15) is 5.69 Å². The minimum absolute atomic E-state index is 0.0763. The molecule has 0 bridgehead atoms. The number of H-pyrrole nitrogens is 2. The third-order valence-corrected chi connectivity index (χ3v) is 1.94. The van der Waals surface area contributed by atoms with E-state index in [1.165, 1.54) is 6.07 Å². The summed E-state index contributed by atoms with van der Waals surface area (Å²) < 4.78 is 0. The lowest BCUT2D eigenvalue weighted by Gasteiger charge is -2.00. The van der Waals surface area contributed by atoms with Gasteiger partial charge in [-0.3, -0.25) is 19.8 Å². The standard InChI is InChI=1S/C8H8N4O2/c1-3-2-4-5(6(9)10-3)8(14)12-11-7(4)13/h2H,1H3,(H2,9,10)(H,11,13)(H,12,14). The lowest BCUT2D eigenvalue weighted by Crippen LogP contribution is -2.20. The number of nitrogens with two attached hydrogens (primary N) is 1. The summed E-state index contributed by atoms with van der Waals surface area (Å²) >= 11 is 0. The first kappa shape index (κ1) is 8.49. The number of fused-ring (bicyclic) bond motifs is 1. The maximum Gasteiger partial charge on any atom is 0.274 e. The number of nitrogen functional groups attached to an aromatic ring is 1. The number of pyridine rings is 1. The van der Waals surface area contributed by atoms with Crippen molar-refractivity contribution in [2.24, 2.45) is 0 Å². The van der Waals surface area contributed by atoms with Gasteiger partial charge in [-0.05, 0) is 13.0 Å². The number of hydrogen-bond donors (Lipinski definition) is 3. The van der Waals surface area contributed by atoms with Crippen molar-refractivity contribution >= 4 is 16.6 Å². The van der Waals surface area contributed by atoms with E-state index in [2.05, 4.69) is 15.2 Å². The molecule has 0 aromatic carbocycles. The molecule has 2 rings (SSSR count). The van der Waals surface area contributed by atoms with Gasteiger partial charge in [0.15, 0.2) is 0 Å². The van der Waals surface area contributed by atoms with Gasteiger partial charge in [0, 0.05) is 5.69 Å². The van der Waals surface area contributed by atoms with E-state index >= 15 is 0 Å². The van der Waals surface area contributed by atoms with Gasteiger partial charge in [0.25, 0.3) is 11.1 Å². The molecule has 0 unspecified atom stereocenters. The Morgan fingerprint density at radius 3 is 2.64 bits per heavy atom. The minimum atomic E-state index is -0.440. The number of aromatic amines is 2. The number of nitrogens with one attached hydrogen (secondary N) is 2. The first-order valence-electron chi connectivity index (χ1n) is 3.97. The fourth-order valence-corrected chi connectivity index (χ4v) is 1.36. The molecule has 0 fully saturated rings. The predicted molar refractivity (Wildman–Crippen MR) is 52.1 cm³/mol. The molecule has 6 heteroatoms. The zero-order valence-electron chi connectivity index (χ0n) is 7.42. The molecular weight excluding hydrogens is 184 g/mol. The van der Waals surface area contributed by atoms with Crippen molar-refractivity contribution in [3.8, 4) is 0 Å². The summed E-state index contributed by atoms with van der Waals surface area (Å²) in [6, 6.07) is 1.53. The van der Waals surface area contributed by atoms with Crippen LogP contribution in [0.5, 0.6) is 0 Å². The van der Waals surface area contributed by atoms with E-state index in [9.17, 15) is 9.59 Å². The molecule has 14 heavy (non-hydrogen) atoms. The van der Waals surface area contributed by atoms with Crippen LogP contribution in [0, 0.1) is 6.92 Å². The average molecular weight is 192 g/mol. The molecule has 0 saturated carbocycles. The molecule has 0 aliphatic rings. The predicted octanol–water partition coefficient (Wildman–Crippen LogP) is -0.498. The van der Waals surface area contributed by atoms with Gasteiger partial charge in [0.05, 0.1) is 10.8 Å². The minimum Gasteiger partial charge on any atom is -0.383 e. The van der Waals surface area contributed by atoms with Crippen LogP contribution in [-0.4, -0.2) is 15.2 Å². The van der Waals surface area contributed by atoms with Crippen LogP contribution >= 0.6 is 0 Å². The molecule has 2 aromatic heterocycles. The molecule has 0 aliphatic carbocycles. The normalized spacial score (nSPS) is 10.6. The molecule has 2 aromatic rings. The Kier molecular flexibility index (Phi) is 1.63. The first-order valence-corrected chi connectivity index (χ1v) is 3.97. The number of rotatable bonds is 0. The first-order chi connectivity index (χ1) is 6.59. The average Bonchev–Trinajstić information content (AvgIpc) is 2.10. The van der Waals surface area contributed by atoms with E-state index < -0.39 is 5.56 Å². The van der Waals surface area contributed by atoms with E-state index in [-0.39, 0.29) is 22.1 Å². The summed E-state index contributed by atoms with van der Waals surface area (Å²) in [6.45, 7) is 1.70. The second-order valence-electron chi connectivity index (χ2n) is 2.98. The zero-order chi connectivity index (χ0) is 10.3. The van der Waals surface area contributed by atoms with Gasteiger partial charge >= 0.3 is 0 Å². The zero-order valence-corrected chi connectivity index (χ0v) is 7.42. The largest absolute Gasteiger partial charge is 0.383 e. The van der Waals surface area contributed by atoms with Crippen molar-refractivity contribution in [1.82, 2.24) is 15.2 Å². The molecule has 72 valence electrons. The third-order valence-electron chi connectivity index (χ3n) is 1.94. The third kappa shape index (κ3) is 1.08. The Labute approximate surface area is 77.8 Å². The molecule has 0 radical (unpaired) electrons. The Morgan fingerprint density at radius 2 is 1.93 bits per heavy atom. The number of hydrogen-bond acceptors (Lipinski definition) is 4. The van der Waals surface area contributed by atoms with E-state index in [0.717, 1.165) is 0 Å². The quantitative estimate of drug-likeness (QED) is 0.523. The molecule has 4 N–H and O–H groups in total. The van der Waals surface area contributed by atoms with Crippen molar-refractivity contribution < 1.29 is 0 Å². The summed E-state index contributed by atoms with van der Waals surface area (Å²) in [5.41, 5.74) is 5.33. The van der Waals surface area contributed by atoms with Crippen molar-refractivity contribution in [3.05, 3.63) is 32.5 Å². The molecule has 0 saturated heterocycles. The summed E-state index contributed by atoms with van der Waals surface area (Å²) in [5, 5.41) is 4.81. The highest BCUT2D eigenvalue weighted by atomic mass is 16.1. The maximum atomic E-state index is 11.3. The topological polar surface area (TPSA) is 105 Å². The van der Waals surface area contributed by atoms with Gasteiger partial charge in [-0.25, -0.2) is 4.98 Å². The van der Waals surface area contributed by atoms with Gasteiger partial charge in [-0.15, -0.1) is 0 Å². The lowest BCUT2D eigenvalue weighted by molar-refractivity contribution is 0.974. The smallest absolute Gasteiger partial charge is 0.274 e. The van der Waals surface area contributed by atoms with Crippen molar-refractivity contribution in [2.75, 3.05) is 5.73 Å². The SMILES string of the molecule is Cc1cc2c(=O)[nH][nH]c(=O)c2c(N)n1. The Hall–Kier alpha value is -2.11. The fraction of sp³-hybridized carbons (Fsp3) is 0.125. The van der Waals surface area contributed by atoms with Crippen molar-refractivity contribution in [3.63, 3.8) is 0 Å². The number of aromatic nitrogens is 3. The fourth-order valence-electron chi connectivity index (χ4n) is 1.36. The van der Waals surface area contributed by atoms with E-state index in [1.54, 1.807) is 6.92 Å². The van der Waals surface area contributed by atoms with Crippen LogP contribution in [0.2, 0.25) is 0 Å². The number of nitrogens with zero attached hydrogens (tertiary/aromatic N) is 1. The molecule has 0 spiro atoms. The van der Waals surface area contributed by atoms with Gasteiger partial charge < -0.3 is 5.73 Å². The molecule has 6 nitrogen and oxygen atoms in total. The van der Waals surface area contributed by atoms with Crippen LogP contribution in [0.4, 0.5) is 5.82 Å². The number of aryl methyl sites for hydroxylation is 1. The maximum absolute atomic E-state index is 11.3. The summed E-state index contributed by atoms with van der Waals surface area (Å²) in [6.07, 6.45) is 0. The van der Waals surface area contributed by atoms with Crippen molar-refractivity contribution in [2.45, 2.75) is 6.92 Å². The molecule has 0 amide bonds. The van der Waals surface area contributed by atoms with Gasteiger partial charge in [-0.2, -0.15) is 0 Å². The Bertz CT molecular complexity index is 611. The highest BCUT2D eigenvalue weighted by molar-refractivity contribution is 5.89. The van der Waals surface area contributed by atoms with Crippen LogP contribution < -0.4 is 16.9 Å². The van der Waals surface area contributed by atoms with Crippen LogP contribution in [0.15, 0.2) is 15.7 Å². The summed E-state index contributed by atoms with van der Waals surface area (Å²) in [4.78, 5) is 26.6. The monoisotopic (exact) mass is 192 g/mol. The van der Waals surface area contributed by atoms with Crippen molar-refractivity contribution in [1.29, 1.82) is 0 Å². The summed E-state index contributed by atoms with van der Waals surface area (Å²) in [5.74, 6) is 0.0763. The molecular formula is C8H8N4O2. The second kappa shape index (κ2) is 2.69. The molecule has 2 heterocycles. The van der Waals surface area contributed by atoms with Gasteiger partial charge in [0.1, 0.15) is 5.82 Å². The van der Waals surface area contributed by atoms with E-state index in [1.807, 2.05) is 0 Å². The van der Waals surface area contributed by atoms with E-state index in [4.69, 9.17) is 5.73 Å². The lowest BCUT2D eigenvalue weighted by atomic mass is 10.2.